The Morgan fingerprint density at radius 1 is 1.30 bits per heavy atom. The molecular weight excluding hydrogens is 274 g/mol. The number of aliphatic hydroxyl groups excluding tert-OH is 1. The third kappa shape index (κ3) is 4.34. The predicted molar refractivity (Wildman–Crippen MR) is 80.5 cm³/mol. The third-order valence-corrected chi connectivity index (χ3v) is 5.09. The second-order valence-corrected chi connectivity index (χ2v) is 7.38. The van der Waals surface area contributed by atoms with Crippen molar-refractivity contribution < 1.29 is 13.5 Å². The fraction of sp³-hybridized carbons (Fsp3) is 0.467. The number of sulfonamides is 1. The van der Waals surface area contributed by atoms with Crippen molar-refractivity contribution in [3.8, 4) is 11.8 Å². The summed E-state index contributed by atoms with van der Waals surface area (Å²) in [6.45, 7) is 3.65. The van der Waals surface area contributed by atoms with Crippen molar-refractivity contribution >= 4 is 10.0 Å². The van der Waals surface area contributed by atoms with Crippen LogP contribution in [-0.4, -0.2) is 36.7 Å². The zero-order valence-corrected chi connectivity index (χ0v) is 12.9. The van der Waals surface area contributed by atoms with Crippen LogP contribution in [0, 0.1) is 11.8 Å². The van der Waals surface area contributed by atoms with Crippen LogP contribution in [-0.2, 0) is 16.6 Å². The topological polar surface area (TPSA) is 57.6 Å². The molecule has 0 unspecified atom stereocenters. The molecule has 0 heterocycles. The smallest absolute Gasteiger partial charge is 0.216 e. The molecule has 1 aromatic rings. The van der Waals surface area contributed by atoms with E-state index in [1.807, 2.05) is 24.3 Å². The standard InChI is InChI=1S/C15H21NO3S/c1-13(2)20(18,19)16(3)12-15-10-5-4-8-14(15)9-6-7-11-17/h4-5,8,10,13,17H,7,11-12H2,1-3H3. The molecule has 0 aliphatic carbocycles. The summed E-state index contributed by atoms with van der Waals surface area (Å²) in [6, 6.07) is 7.46. The Labute approximate surface area is 121 Å². The van der Waals surface area contributed by atoms with Gasteiger partial charge in [0, 0.05) is 25.6 Å². The van der Waals surface area contributed by atoms with Crippen molar-refractivity contribution in [3.05, 3.63) is 35.4 Å². The van der Waals surface area contributed by atoms with Gasteiger partial charge in [-0.3, -0.25) is 0 Å². The molecule has 110 valence electrons. The molecule has 0 bridgehead atoms. The largest absolute Gasteiger partial charge is 0.395 e. The van der Waals surface area contributed by atoms with Crippen LogP contribution in [0.4, 0.5) is 0 Å². The minimum atomic E-state index is -3.27. The van der Waals surface area contributed by atoms with Gasteiger partial charge in [0.1, 0.15) is 0 Å². The first-order valence-corrected chi connectivity index (χ1v) is 8.02. The summed E-state index contributed by atoms with van der Waals surface area (Å²) in [7, 11) is -1.70. The number of hydrogen-bond acceptors (Lipinski definition) is 3. The minimum Gasteiger partial charge on any atom is -0.395 e. The van der Waals surface area contributed by atoms with Gasteiger partial charge < -0.3 is 5.11 Å². The van der Waals surface area contributed by atoms with Crippen LogP contribution >= 0.6 is 0 Å². The highest BCUT2D eigenvalue weighted by atomic mass is 32.2. The maximum absolute atomic E-state index is 12.1. The Hall–Kier alpha value is -1.35. The Balaban J connectivity index is 2.97. The number of rotatable bonds is 5. The molecule has 0 saturated heterocycles. The van der Waals surface area contributed by atoms with Gasteiger partial charge >= 0.3 is 0 Å². The van der Waals surface area contributed by atoms with Crippen molar-refractivity contribution in [1.82, 2.24) is 4.31 Å². The first-order valence-electron chi connectivity index (χ1n) is 6.52. The number of benzene rings is 1. The van der Waals surface area contributed by atoms with Gasteiger partial charge in [-0.2, -0.15) is 0 Å². The quantitative estimate of drug-likeness (QED) is 0.839. The highest BCUT2D eigenvalue weighted by molar-refractivity contribution is 7.89. The lowest BCUT2D eigenvalue weighted by Crippen LogP contribution is -2.32. The van der Waals surface area contributed by atoms with E-state index in [9.17, 15) is 8.42 Å². The summed E-state index contributed by atoms with van der Waals surface area (Å²) in [5, 5.41) is 8.29. The summed E-state index contributed by atoms with van der Waals surface area (Å²) < 4.78 is 25.5. The Bertz CT molecular complexity index is 597. The zero-order chi connectivity index (χ0) is 15.2. The van der Waals surface area contributed by atoms with E-state index in [4.69, 9.17) is 5.11 Å². The van der Waals surface area contributed by atoms with Gasteiger partial charge in [0.2, 0.25) is 10.0 Å². The molecule has 0 aliphatic heterocycles. The van der Waals surface area contributed by atoms with E-state index in [2.05, 4.69) is 11.8 Å². The summed E-state index contributed by atoms with van der Waals surface area (Å²) >= 11 is 0. The Morgan fingerprint density at radius 2 is 1.95 bits per heavy atom. The third-order valence-electron chi connectivity index (χ3n) is 2.90. The fourth-order valence-electron chi connectivity index (χ4n) is 1.68. The van der Waals surface area contributed by atoms with Crippen LogP contribution in [0.15, 0.2) is 24.3 Å². The second-order valence-electron chi connectivity index (χ2n) is 4.78. The molecule has 0 atom stereocenters. The summed E-state index contributed by atoms with van der Waals surface area (Å²) in [4.78, 5) is 0. The van der Waals surface area contributed by atoms with Gasteiger partial charge in [-0.05, 0) is 25.5 Å². The Kier molecular flexibility index (Phi) is 6.21. The zero-order valence-electron chi connectivity index (χ0n) is 12.1. The molecule has 5 heteroatoms. The molecule has 1 rings (SSSR count). The van der Waals surface area contributed by atoms with Crippen LogP contribution in [0.25, 0.3) is 0 Å². The molecular formula is C15H21NO3S. The molecule has 0 fully saturated rings. The molecule has 0 amide bonds. The second kappa shape index (κ2) is 7.44. The molecule has 0 saturated carbocycles. The normalized spacial score (nSPS) is 11.5. The molecule has 20 heavy (non-hydrogen) atoms. The Morgan fingerprint density at radius 3 is 2.55 bits per heavy atom. The van der Waals surface area contributed by atoms with Gasteiger partial charge in [-0.25, -0.2) is 12.7 Å². The lowest BCUT2D eigenvalue weighted by Gasteiger charge is -2.20. The number of hydrogen-bond donors (Lipinski definition) is 1. The molecule has 1 aromatic carbocycles. The van der Waals surface area contributed by atoms with E-state index in [0.717, 1.165) is 11.1 Å². The van der Waals surface area contributed by atoms with Crippen LogP contribution in [0.5, 0.6) is 0 Å². The van der Waals surface area contributed by atoms with E-state index >= 15 is 0 Å². The van der Waals surface area contributed by atoms with Crippen LogP contribution < -0.4 is 0 Å². The van der Waals surface area contributed by atoms with Crippen molar-refractivity contribution in [2.24, 2.45) is 0 Å². The van der Waals surface area contributed by atoms with Gasteiger partial charge in [0.15, 0.2) is 0 Å². The van der Waals surface area contributed by atoms with Crippen LogP contribution in [0.3, 0.4) is 0 Å². The average molecular weight is 295 g/mol. The lowest BCUT2D eigenvalue weighted by atomic mass is 10.1. The van der Waals surface area contributed by atoms with E-state index in [1.54, 1.807) is 20.9 Å². The highest BCUT2D eigenvalue weighted by Gasteiger charge is 2.22. The number of aliphatic hydroxyl groups is 1. The summed E-state index contributed by atoms with van der Waals surface area (Å²) in [5.74, 6) is 5.83. The average Bonchev–Trinajstić information content (AvgIpc) is 2.40. The highest BCUT2D eigenvalue weighted by Crippen LogP contribution is 2.14. The molecule has 4 nitrogen and oxygen atoms in total. The van der Waals surface area contributed by atoms with E-state index < -0.39 is 15.3 Å². The first kappa shape index (κ1) is 16.7. The van der Waals surface area contributed by atoms with E-state index in [-0.39, 0.29) is 6.61 Å². The van der Waals surface area contributed by atoms with E-state index in [0.29, 0.717) is 13.0 Å². The van der Waals surface area contributed by atoms with Crippen molar-refractivity contribution in [1.29, 1.82) is 0 Å². The van der Waals surface area contributed by atoms with Crippen LogP contribution in [0.1, 0.15) is 31.4 Å². The predicted octanol–water partition coefficient (Wildman–Crippen LogP) is 1.59. The lowest BCUT2D eigenvalue weighted by molar-refractivity contribution is 0.305. The maximum Gasteiger partial charge on any atom is 0.216 e. The molecule has 1 N–H and O–H groups in total. The van der Waals surface area contributed by atoms with Gasteiger partial charge in [-0.1, -0.05) is 30.0 Å². The van der Waals surface area contributed by atoms with Crippen molar-refractivity contribution in [2.75, 3.05) is 13.7 Å². The molecule has 0 spiro atoms. The van der Waals surface area contributed by atoms with Gasteiger partial charge in [0.05, 0.1) is 11.9 Å². The van der Waals surface area contributed by atoms with Crippen LogP contribution in [0.2, 0.25) is 0 Å². The minimum absolute atomic E-state index is 0.0246. The number of nitrogens with zero attached hydrogens (tertiary/aromatic N) is 1. The monoisotopic (exact) mass is 295 g/mol. The SMILES string of the molecule is CC(C)S(=O)(=O)N(C)Cc1ccccc1C#CCCO. The fourth-order valence-corrected chi connectivity index (χ4v) is 2.72. The molecule has 0 aromatic heterocycles. The van der Waals surface area contributed by atoms with Gasteiger partial charge in [-0.15, -0.1) is 0 Å². The molecule has 0 aliphatic rings. The first-order chi connectivity index (χ1) is 9.39. The van der Waals surface area contributed by atoms with Crippen molar-refractivity contribution in [3.63, 3.8) is 0 Å². The summed E-state index contributed by atoms with van der Waals surface area (Å²) in [6.07, 6.45) is 0.411. The van der Waals surface area contributed by atoms with E-state index in [1.165, 1.54) is 4.31 Å². The van der Waals surface area contributed by atoms with Crippen molar-refractivity contribution in [2.45, 2.75) is 32.1 Å². The summed E-state index contributed by atoms with van der Waals surface area (Å²) in [5.41, 5.74) is 1.66. The molecule has 0 radical (unpaired) electrons. The maximum atomic E-state index is 12.1. The van der Waals surface area contributed by atoms with Gasteiger partial charge in [0.25, 0.3) is 0 Å².